The van der Waals surface area contributed by atoms with Crippen molar-refractivity contribution in [3.05, 3.63) is 11.9 Å². The molecule has 1 amide bonds. The Bertz CT molecular complexity index is 475. The number of amides is 1. The van der Waals surface area contributed by atoms with Crippen LogP contribution >= 0.6 is 0 Å². The molecule has 0 aliphatic carbocycles. The van der Waals surface area contributed by atoms with Crippen LogP contribution in [0.2, 0.25) is 0 Å². The van der Waals surface area contributed by atoms with Crippen molar-refractivity contribution in [2.45, 2.75) is 44.9 Å². The molecular weight excluding hydrogens is 244 g/mol. The summed E-state index contributed by atoms with van der Waals surface area (Å²) in [7, 11) is 0. The molecule has 1 aromatic heterocycles. The van der Waals surface area contributed by atoms with Crippen LogP contribution in [0, 0.1) is 0 Å². The molecule has 2 unspecified atom stereocenters. The van der Waals surface area contributed by atoms with Crippen molar-refractivity contribution < 1.29 is 9.53 Å². The molecule has 1 fully saturated rings. The van der Waals surface area contributed by atoms with E-state index in [1.54, 1.807) is 0 Å². The topological polar surface area (TPSA) is 68.2 Å². The smallest absolute Gasteiger partial charge is 0.272 e. The summed E-state index contributed by atoms with van der Waals surface area (Å²) in [6.45, 7) is 6.54. The van der Waals surface area contributed by atoms with Crippen molar-refractivity contribution in [1.82, 2.24) is 14.9 Å². The molecule has 2 atom stereocenters. The van der Waals surface area contributed by atoms with Gasteiger partial charge in [-0.05, 0) is 26.7 Å². The number of aromatic nitrogens is 2. The molecule has 0 saturated carbocycles. The number of nitrogens with zero attached hydrogens (tertiary/aromatic N) is 2. The first kappa shape index (κ1) is 12.5. The van der Waals surface area contributed by atoms with E-state index in [0.717, 1.165) is 31.9 Å². The van der Waals surface area contributed by atoms with Gasteiger partial charge in [-0.3, -0.25) is 4.79 Å². The molecule has 0 bridgehead atoms. The molecule has 1 aromatic rings. The van der Waals surface area contributed by atoms with E-state index in [1.807, 2.05) is 24.6 Å². The molecule has 104 valence electrons. The van der Waals surface area contributed by atoms with Gasteiger partial charge < -0.3 is 19.9 Å². The van der Waals surface area contributed by atoms with E-state index in [2.05, 4.69) is 15.6 Å². The molecule has 0 spiro atoms. The summed E-state index contributed by atoms with van der Waals surface area (Å²) < 4.78 is 7.53. The molecule has 1 saturated heterocycles. The first-order valence-corrected chi connectivity index (χ1v) is 6.84. The van der Waals surface area contributed by atoms with E-state index < -0.39 is 0 Å². The third kappa shape index (κ3) is 2.20. The molecule has 2 N–H and O–H groups in total. The number of carbonyl (C=O) groups excluding carboxylic acids is 1. The van der Waals surface area contributed by atoms with Crippen molar-refractivity contribution in [2.75, 3.05) is 18.5 Å². The Balaban J connectivity index is 1.75. The standard InChI is InChI=1S/C13H20N4O2/c1-9-13(2,4-7-19-9)16-11(18)10-8-17-6-3-5-14-12(17)15-10/h8-9H,3-7H2,1-2H3,(H,14,15)(H,16,18). The summed E-state index contributed by atoms with van der Waals surface area (Å²) in [6.07, 6.45) is 3.76. The Morgan fingerprint density at radius 1 is 1.68 bits per heavy atom. The molecule has 3 heterocycles. The van der Waals surface area contributed by atoms with Crippen LogP contribution in [-0.2, 0) is 11.3 Å². The maximum atomic E-state index is 12.3. The third-order valence-electron chi connectivity index (χ3n) is 4.15. The van der Waals surface area contributed by atoms with E-state index in [4.69, 9.17) is 4.74 Å². The quantitative estimate of drug-likeness (QED) is 0.836. The minimum Gasteiger partial charge on any atom is -0.376 e. The van der Waals surface area contributed by atoms with Gasteiger partial charge in [0.25, 0.3) is 5.91 Å². The summed E-state index contributed by atoms with van der Waals surface area (Å²) in [6, 6.07) is 0. The van der Waals surface area contributed by atoms with E-state index in [-0.39, 0.29) is 17.6 Å². The number of fused-ring (bicyclic) bond motifs is 1. The van der Waals surface area contributed by atoms with Crippen LogP contribution in [0.1, 0.15) is 37.2 Å². The van der Waals surface area contributed by atoms with Crippen molar-refractivity contribution in [3.63, 3.8) is 0 Å². The number of aryl methyl sites for hydroxylation is 1. The Morgan fingerprint density at radius 2 is 2.53 bits per heavy atom. The lowest BCUT2D eigenvalue weighted by molar-refractivity contribution is 0.0724. The Labute approximate surface area is 112 Å². The van der Waals surface area contributed by atoms with Gasteiger partial charge in [-0.15, -0.1) is 0 Å². The number of hydrogen-bond donors (Lipinski definition) is 2. The van der Waals surface area contributed by atoms with Gasteiger partial charge in [0.05, 0.1) is 11.6 Å². The maximum Gasteiger partial charge on any atom is 0.272 e. The number of hydrogen-bond acceptors (Lipinski definition) is 4. The van der Waals surface area contributed by atoms with Crippen molar-refractivity contribution >= 4 is 11.9 Å². The normalized spacial score (nSPS) is 29.7. The van der Waals surface area contributed by atoms with Gasteiger partial charge in [0, 0.05) is 25.9 Å². The predicted molar refractivity (Wildman–Crippen MR) is 71.2 cm³/mol. The van der Waals surface area contributed by atoms with Crippen LogP contribution in [0.4, 0.5) is 5.95 Å². The number of carbonyl (C=O) groups is 1. The van der Waals surface area contributed by atoms with Crippen LogP contribution in [0.25, 0.3) is 0 Å². The van der Waals surface area contributed by atoms with Crippen molar-refractivity contribution in [1.29, 1.82) is 0 Å². The van der Waals surface area contributed by atoms with E-state index >= 15 is 0 Å². The second-order valence-electron chi connectivity index (χ2n) is 5.56. The van der Waals surface area contributed by atoms with Crippen LogP contribution in [0.5, 0.6) is 0 Å². The van der Waals surface area contributed by atoms with Crippen LogP contribution < -0.4 is 10.6 Å². The number of anilines is 1. The maximum absolute atomic E-state index is 12.3. The van der Waals surface area contributed by atoms with Gasteiger partial charge in [-0.25, -0.2) is 4.98 Å². The molecule has 6 nitrogen and oxygen atoms in total. The van der Waals surface area contributed by atoms with E-state index in [0.29, 0.717) is 12.3 Å². The molecule has 3 rings (SSSR count). The number of imidazole rings is 1. The molecule has 0 radical (unpaired) electrons. The predicted octanol–water partition coefficient (Wildman–Crippen LogP) is 0.996. The summed E-state index contributed by atoms with van der Waals surface area (Å²) in [5, 5.41) is 6.26. The Morgan fingerprint density at radius 3 is 3.21 bits per heavy atom. The monoisotopic (exact) mass is 264 g/mol. The first-order chi connectivity index (χ1) is 9.08. The van der Waals surface area contributed by atoms with Gasteiger partial charge in [0.1, 0.15) is 5.69 Å². The van der Waals surface area contributed by atoms with Gasteiger partial charge in [-0.1, -0.05) is 0 Å². The minimum absolute atomic E-state index is 0.0341. The fourth-order valence-corrected chi connectivity index (χ4v) is 2.61. The fraction of sp³-hybridized carbons (Fsp3) is 0.692. The summed E-state index contributed by atoms with van der Waals surface area (Å²) >= 11 is 0. The summed E-state index contributed by atoms with van der Waals surface area (Å²) in [5.41, 5.74) is 0.180. The first-order valence-electron chi connectivity index (χ1n) is 6.84. The van der Waals surface area contributed by atoms with Gasteiger partial charge in [-0.2, -0.15) is 0 Å². The highest BCUT2D eigenvalue weighted by Gasteiger charge is 2.38. The Kier molecular flexibility index (Phi) is 2.97. The molecular formula is C13H20N4O2. The number of rotatable bonds is 2. The van der Waals surface area contributed by atoms with Gasteiger partial charge in [0.2, 0.25) is 5.95 Å². The highest BCUT2D eigenvalue weighted by atomic mass is 16.5. The van der Waals surface area contributed by atoms with Crippen LogP contribution in [0.15, 0.2) is 6.20 Å². The van der Waals surface area contributed by atoms with Crippen molar-refractivity contribution in [2.24, 2.45) is 0 Å². The molecule has 2 aliphatic rings. The van der Waals surface area contributed by atoms with Crippen LogP contribution in [0.3, 0.4) is 0 Å². The molecule has 0 aromatic carbocycles. The lowest BCUT2D eigenvalue weighted by atomic mass is 9.94. The SMILES string of the molecule is CC1OCCC1(C)NC(=O)c1cn2c(n1)NCCC2. The molecule has 2 aliphatic heterocycles. The van der Waals surface area contributed by atoms with E-state index in [1.165, 1.54) is 0 Å². The second kappa shape index (κ2) is 4.52. The number of ether oxygens (including phenoxy) is 1. The Hall–Kier alpha value is -1.56. The number of nitrogens with one attached hydrogen (secondary N) is 2. The lowest BCUT2D eigenvalue weighted by Gasteiger charge is -2.28. The summed E-state index contributed by atoms with van der Waals surface area (Å²) in [4.78, 5) is 16.6. The fourth-order valence-electron chi connectivity index (χ4n) is 2.61. The highest BCUT2D eigenvalue weighted by Crippen LogP contribution is 2.25. The van der Waals surface area contributed by atoms with Gasteiger partial charge >= 0.3 is 0 Å². The van der Waals surface area contributed by atoms with E-state index in [9.17, 15) is 4.79 Å². The highest BCUT2D eigenvalue weighted by molar-refractivity contribution is 5.93. The third-order valence-corrected chi connectivity index (χ3v) is 4.15. The average Bonchev–Trinajstić information content (AvgIpc) is 2.94. The minimum atomic E-state index is -0.297. The zero-order valence-corrected chi connectivity index (χ0v) is 11.4. The average molecular weight is 264 g/mol. The zero-order valence-electron chi connectivity index (χ0n) is 11.4. The zero-order chi connectivity index (χ0) is 13.5. The van der Waals surface area contributed by atoms with Crippen LogP contribution in [-0.4, -0.2) is 40.3 Å². The van der Waals surface area contributed by atoms with Crippen molar-refractivity contribution in [3.8, 4) is 0 Å². The summed E-state index contributed by atoms with van der Waals surface area (Å²) in [5.74, 6) is 0.667. The molecule has 6 heteroatoms. The lowest BCUT2D eigenvalue weighted by Crippen LogP contribution is -2.50. The largest absolute Gasteiger partial charge is 0.376 e. The second-order valence-corrected chi connectivity index (χ2v) is 5.56. The molecule has 19 heavy (non-hydrogen) atoms. The van der Waals surface area contributed by atoms with Gasteiger partial charge in [0.15, 0.2) is 0 Å².